The second kappa shape index (κ2) is 7.15. The van der Waals surface area contributed by atoms with Crippen LogP contribution >= 0.6 is 0 Å². The maximum absolute atomic E-state index is 12.4. The van der Waals surface area contributed by atoms with Crippen molar-refractivity contribution in [1.82, 2.24) is 0 Å². The molecule has 0 saturated heterocycles. The molecule has 4 rings (SSSR count). The third kappa shape index (κ3) is 3.54. The molecule has 0 aromatic heterocycles. The molecule has 6 nitrogen and oxygen atoms in total. The van der Waals surface area contributed by atoms with E-state index in [0.29, 0.717) is 50.0 Å². The molecule has 136 valence electrons. The molecule has 0 fully saturated rings. The molecule has 0 aliphatic carbocycles. The van der Waals surface area contributed by atoms with Gasteiger partial charge in [-0.05, 0) is 35.7 Å². The van der Waals surface area contributed by atoms with Crippen molar-refractivity contribution < 1.29 is 23.7 Å². The molecule has 1 unspecified atom stereocenters. The molecule has 2 heterocycles. The summed E-state index contributed by atoms with van der Waals surface area (Å²) in [4.78, 5) is 12.4. The lowest BCUT2D eigenvalue weighted by Crippen LogP contribution is -2.17. The Morgan fingerprint density at radius 3 is 2.15 bits per heavy atom. The molecular formula is C20H21NO5. The summed E-state index contributed by atoms with van der Waals surface area (Å²) in [6.45, 7) is 4.21. The van der Waals surface area contributed by atoms with E-state index in [0.717, 1.165) is 17.1 Å². The highest BCUT2D eigenvalue weighted by Gasteiger charge is 2.17. The quantitative estimate of drug-likeness (QED) is 0.911. The summed E-state index contributed by atoms with van der Waals surface area (Å²) in [6.07, 6.45) is 0.369. The van der Waals surface area contributed by atoms with Crippen LogP contribution in [-0.4, -0.2) is 32.3 Å². The number of fused-ring (bicyclic) bond motifs is 2. The van der Waals surface area contributed by atoms with E-state index in [9.17, 15) is 4.79 Å². The summed E-state index contributed by atoms with van der Waals surface area (Å²) in [6, 6.07) is 11.3. The van der Waals surface area contributed by atoms with Gasteiger partial charge in [-0.15, -0.1) is 0 Å². The number of rotatable bonds is 4. The van der Waals surface area contributed by atoms with Gasteiger partial charge in [0.2, 0.25) is 5.91 Å². The largest absolute Gasteiger partial charge is 0.486 e. The first-order valence-electron chi connectivity index (χ1n) is 8.78. The number of carbonyl (C=O) groups is 1. The molecule has 6 heteroatoms. The normalized spacial score (nSPS) is 15.9. The SMILES string of the molecule is CC(CC(=O)Nc1ccc2c(c1)OCCO2)c1ccc2c(c1)OCCO2. The molecule has 1 amide bonds. The van der Waals surface area contributed by atoms with Gasteiger partial charge < -0.3 is 24.3 Å². The van der Waals surface area contributed by atoms with Crippen molar-refractivity contribution in [2.24, 2.45) is 0 Å². The van der Waals surface area contributed by atoms with Crippen LogP contribution in [0.5, 0.6) is 23.0 Å². The van der Waals surface area contributed by atoms with Crippen LogP contribution < -0.4 is 24.3 Å². The Bertz CT molecular complexity index is 820. The molecule has 1 atom stereocenters. The van der Waals surface area contributed by atoms with Crippen molar-refractivity contribution >= 4 is 11.6 Å². The van der Waals surface area contributed by atoms with E-state index in [-0.39, 0.29) is 11.8 Å². The van der Waals surface area contributed by atoms with Crippen molar-refractivity contribution in [1.29, 1.82) is 0 Å². The number of hydrogen-bond acceptors (Lipinski definition) is 5. The third-order valence-electron chi connectivity index (χ3n) is 4.45. The van der Waals surface area contributed by atoms with E-state index in [1.807, 2.05) is 37.3 Å². The standard InChI is InChI=1S/C20H21NO5/c1-13(14-2-4-16-18(11-14)25-8-6-23-16)10-20(22)21-15-3-5-17-19(12-15)26-9-7-24-17/h2-5,11-13H,6-10H2,1H3,(H,21,22). The molecule has 26 heavy (non-hydrogen) atoms. The Balaban J connectivity index is 1.40. The van der Waals surface area contributed by atoms with Crippen LogP contribution in [0.4, 0.5) is 5.69 Å². The molecule has 0 radical (unpaired) electrons. The average molecular weight is 355 g/mol. The summed E-state index contributed by atoms with van der Waals surface area (Å²) in [5.74, 6) is 2.88. The van der Waals surface area contributed by atoms with Crippen LogP contribution in [0, 0.1) is 0 Å². The van der Waals surface area contributed by atoms with Crippen LogP contribution in [0.15, 0.2) is 36.4 Å². The van der Waals surface area contributed by atoms with Crippen molar-refractivity contribution in [3.63, 3.8) is 0 Å². The molecule has 1 N–H and O–H groups in total. The van der Waals surface area contributed by atoms with Gasteiger partial charge in [0, 0.05) is 18.2 Å². The summed E-state index contributed by atoms with van der Waals surface area (Å²) < 4.78 is 22.2. The summed E-state index contributed by atoms with van der Waals surface area (Å²) in [5, 5.41) is 2.92. The zero-order valence-electron chi connectivity index (χ0n) is 14.6. The summed E-state index contributed by atoms with van der Waals surface area (Å²) in [5.41, 5.74) is 1.75. The molecule has 2 aliphatic heterocycles. The highest BCUT2D eigenvalue weighted by molar-refractivity contribution is 5.91. The number of nitrogens with one attached hydrogen (secondary N) is 1. The van der Waals surface area contributed by atoms with Gasteiger partial charge in [0.25, 0.3) is 0 Å². The number of benzene rings is 2. The summed E-state index contributed by atoms with van der Waals surface area (Å²) in [7, 11) is 0. The van der Waals surface area contributed by atoms with E-state index in [1.54, 1.807) is 6.07 Å². The number of anilines is 1. The van der Waals surface area contributed by atoms with Crippen molar-refractivity contribution in [3.05, 3.63) is 42.0 Å². The van der Waals surface area contributed by atoms with Crippen molar-refractivity contribution in [3.8, 4) is 23.0 Å². The van der Waals surface area contributed by atoms with Gasteiger partial charge in [-0.3, -0.25) is 4.79 Å². The minimum atomic E-state index is -0.0518. The lowest BCUT2D eigenvalue weighted by atomic mass is 9.97. The van der Waals surface area contributed by atoms with Crippen LogP contribution in [0.3, 0.4) is 0 Å². The van der Waals surface area contributed by atoms with E-state index in [4.69, 9.17) is 18.9 Å². The van der Waals surface area contributed by atoms with Crippen molar-refractivity contribution in [2.75, 3.05) is 31.7 Å². The topological polar surface area (TPSA) is 66.0 Å². The molecular weight excluding hydrogens is 334 g/mol. The fourth-order valence-corrected chi connectivity index (χ4v) is 3.10. The fourth-order valence-electron chi connectivity index (χ4n) is 3.10. The van der Waals surface area contributed by atoms with E-state index in [2.05, 4.69) is 5.32 Å². The Kier molecular flexibility index (Phi) is 4.56. The van der Waals surface area contributed by atoms with Crippen LogP contribution in [0.2, 0.25) is 0 Å². The third-order valence-corrected chi connectivity index (χ3v) is 4.45. The Morgan fingerprint density at radius 2 is 1.46 bits per heavy atom. The smallest absolute Gasteiger partial charge is 0.224 e. The minimum Gasteiger partial charge on any atom is -0.486 e. The number of carbonyl (C=O) groups excluding carboxylic acids is 1. The monoisotopic (exact) mass is 355 g/mol. The van der Waals surface area contributed by atoms with E-state index >= 15 is 0 Å². The molecule has 0 bridgehead atoms. The van der Waals surface area contributed by atoms with E-state index < -0.39 is 0 Å². The highest BCUT2D eigenvalue weighted by atomic mass is 16.6. The zero-order valence-corrected chi connectivity index (χ0v) is 14.6. The highest BCUT2D eigenvalue weighted by Crippen LogP contribution is 2.35. The predicted octanol–water partition coefficient (Wildman–Crippen LogP) is 3.36. The average Bonchev–Trinajstić information content (AvgIpc) is 2.67. The second-order valence-corrected chi connectivity index (χ2v) is 6.41. The Labute approximate surface area is 152 Å². The molecule has 0 spiro atoms. The van der Waals surface area contributed by atoms with Crippen molar-refractivity contribution in [2.45, 2.75) is 19.3 Å². The lowest BCUT2D eigenvalue weighted by molar-refractivity contribution is -0.116. The van der Waals surface area contributed by atoms with E-state index in [1.165, 1.54) is 0 Å². The fraction of sp³-hybridized carbons (Fsp3) is 0.350. The van der Waals surface area contributed by atoms with Gasteiger partial charge in [0.15, 0.2) is 23.0 Å². The molecule has 2 aliphatic rings. The first-order chi connectivity index (χ1) is 12.7. The number of amides is 1. The van der Waals surface area contributed by atoms with Crippen LogP contribution in [0.25, 0.3) is 0 Å². The Morgan fingerprint density at radius 1 is 0.885 bits per heavy atom. The zero-order chi connectivity index (χ0) is 17.9. The number of ether oxygens (including phenoxy) is 4. The molecule has 2 aromatic rings. The summed E-state index contributed by atoms with van der Waals surface area (Å²) >= 11 is 0. The van der Waals surface area contributed by atoms with Gasteiger partial charge in [0.1, 0.15) is 26.4 Å². The Hall–Kier alpha value is -2.89. The lowest BCUT2D eigenvalue weighted by Gasteiger charge is -2.21. The number of hydrogen-bond donors (Lipinski definition) is 1. The molecule has 0 saturated carbocycles. The maximum Gasteiger partial charge on any atom is 0.224 e. The van der Waals surface area contributed by atoms with Gasteiger partial charge in [-0.2, -0.15) is 0 Å². The van der Waals surface area contributed by atoms with Gasteiger partial charge in [0.05, 0.1) is 0 Å². The van der Waals surface area contributed by atoms with Gasteiger partial charge in [-0.25, -0.2) is 0 Å². The molecule has 2 aromatic carbocycles. The second-order valence-electron chi connectivity index (χ2n) is 6.41. The first kappa shape index (κ1) is 16.6. The maximum atomic E-state index is 12.4. The van der Waals surface area contributed by atoms with Gasteiger partial charge >= 0.3 is 0 Å². The predicted molar refractivity (Wildman–Crippen MR) is 96.5 cm³/mol. The van der Waals surface area contributed by atoms with Crippen LogP contribution in [-0.2, 0) is 4.79 Å². The minimum absolute atomic E-state index is 0.0518. The first-order valence-corrected chi connectivity index (χ1v) is 8.78. The van der Waals surface area contributed by atoms with Crippen LogP contribution in [0.1, 0.15) is 24.8 Å². The van der Waals surface area contributed by atoms with Gasteiger partial charge in [-0.1, -0.05) is 13.0 Å².